The molecule has 0 bridgehead atoms. The summed E-state index contributed by atoms with van der Waals surface area (Å²) in [5.74, 6) is 0.991. The van der Waals surface area contributed by atoms with E-state index in [2.05, 4.69) is 39.7 Å². The number of hydrogen-bond acceptors (Lipinski definition) is 7. The molecule has 0 spiro atoms. The highest BCUT2D eigenvalue weighted by Gasteiger charge is 2.31. The standard InChI is InChI=1S/C35H39F3N8O/c1-5-45(6-2)19-10-9-18-39-31-24(4)22-40-33(44-31)46-30-15-8-7-14-28(30)42-34(46)43-29-21-27(17-16-23(29)3)41-32(47)25-12-11-13-26(20-25)35(36,37)38/h7-8,11-17,20-22H,5-6,9-10,18-19H2,1-4H3,(H,41,47)(H,42,43)(H,39,40,44). The summed E-state index contributed by atoms with van der Waals surface area (Å²) in [7, 11) is 0. The zero-order chi connectivity index (χ0) is 33.6. The zero-order valence-electron chi connectivity index (χ0n) is 26.9. The fourth-order valence-corrected chi connectivity index (χ4v) is 5.23. The fourth-order valence-electron chi connectivity index (χ4n) is 5.23. The van der Waals surface area contributed by atoms with Crippen LogP contribution in [0.15, 0.2) is 72.9 Å². The summed E-state index contributed by atoms with van der Waals surface area (Å²) in [5.41, 5.74) is 3.38. The topological polar surface area (TPSA) is 100 Å². The monoisotopic (exact) mass is 644 g/mol. The molecule has 0 radical (unpaired) electrons. The molecule has 0 aliphatic heterocycles. The number of aromatic nitrogens is 4. The van der Waals surface area contributed by atoms with Crippen molar-refractivity contribution >= 4 is 40.1 Å². The number of unbranched alkanes of at least 4 members (excludes halogenated alkanes) is 1. The summed E-state index contributed by atoms with van der Waals surface area (Å²) in [6.07, 6.45) is -0.666. The van der Waals surface area contributed by atoms with Crippen molar-refractivity contribution in [2.45, 2.75) is 46.7 Å². The van der Waals surface area contributed by atoms with Gasteiger partial charge in [-0.3, -0.25) is 4.79 Å². The Balaban J connectivity index is 1.39. The Labute approximate surface area is 272 Å². The predicted molar refractivity (Wildman–Crippen MR) is 181 cm³/mol. The highest BCUT2D eigenvalue weighted by atomic mass is 19.4. The molecule has 0 atom stereocenters. The zero-order valence-corrected chi connectivity index (χ0v) is 26.9. The lowest BCUT2D eigenvalue weighted by atomic mass is 10.1. The molecule has 2 aromatic heterocycles. The molecule has 246 valence electrons. The van der Waals surface area contributed by atoms with E-state index in [1.165, 1.54) is 12.1 Å². The quantitative estimate of drug-likeness (QED) is 0.112. The number of nitrogens with zero attached hydrogens (tertiary/aromatic N) is 5. The number of carbonyl (C=O) groups excluding carboxylic acids is 1. The molecule has 3 aromatic carbocycles. The molecular formula is C35H39F3N8O. The number of alkyl halides is 3. The van der Waals surface area contributed by atoms with Crippen LogP contribution in [-0.2, 0) is 6.18 Å². The molecule has 5 aromatic rings. The third-order valence-corrected chi connectivity index (χ3v) is 8.00. The van der Waals surface area contributed by atoms with E-state index in [4.69, 9.17) is 9.97 Å². The van der Waals surface area contributed by atoms with Crippen LogP contribution >= 0.6 is 0 Å². The maximum Gasteiger partial charge on any atom is 0.416 e. The van der Waals surface area contributed by atoms with E-state index >= 15 is 0 Å². The van der Waals surface area contributed by atoms with Crippen LogP contribution in [0, 0.1) is 13.8 Å². The Kier molecular flexibility index (Phi) is 10.4. The van der Waals surface area contributed by atoms with Crippen molar-refractivity contribution in [1.82, 2.24) is 24.4 Å². The first kappa shape index (κ1) is 33.4. The molecule has 0 saturated carbocycles. The molecule has 1 amide bonds. The van der Waals surface area contributed by atoms with E-state index in [1.54, 1.807) is 18.3 Å². The molecule has 3 N–H and O–H groups in total. The van der Waals surface area contributed by atoms with E-state index in [9.17, 15) is 18.0 Å². The van der Waals surface area contributed by atoms with Gasteiger partial charge in [0.1, 0.15) is 5.82 Å². The van der Waals surface area contributed by atoms with Gasteiger partial charge in [-0.05, 0) is 94.4 Å². The van der Waals surface area contributed by atoms with E-state index in [0.29, 0.717) is 23.3 Å². The number of hydrogen-bond donors (Lipinski definition) is 3. The highest BCUT2D eigenvalue weighted by molar-refractivity contribution is 6.04. The molecule has 0 saturated heterocycles. The maximum atomic E-state index is 13.2. The largest absolute Gasteiger partial charge is 0.416 e. The Morgan fingerprint density at radius 1 is 0.915 bits per heavy atom. The number of nitrogens with one attached hydrogen (secondary N) is 3. The van der Waals surface area contributed by atoms with Crippen molar-refractivity contribution in [1.29, 1.82) is 0 Å². The SMILES string of the molecule is CCN(CC)CCCCNc1nc(-n2c(Nc3cc(NC(=O)c4cccc(C(F)(F)F)c4)ccc3C)nc3ccccc32)ncc1C. The van der Waals surface area contributed by atoms with E-state index in [-0.39, 0.29) is 5.56 Å². The van der Waals surface area contributed by atoms with Gasteiger partial charge < -0.3 is 20.9 Å². The Hall–Kier alpha value is -4.97. The van der Waals surface area contributed by atoms with Gasteiger partial charge in [-0.25, -0.2) is 14.5 Å². The average Bonchev–Trinajstić information content (AvgIpc) is 3.42. The van der Waals surface area contributed by atoms with Crippen molar-refractivity contribution in [2.75, 3.05) is 42.1 Å². The first-order chi connectivity index (χ1) is 22.6. The van der Waals surface area contributed by atoms with Gasteiger partial charge in [0.25, 0.3) is 5.91 Å². The van der Waals surface area contributed by atoms with Crippen molar-refractivity contribution in [3.8, 4) is 5.95 Å². The molecule has 0 aliphatic rings. The first-order valence-electron chi connectivity index (χ1n) is 15.7. The van der Waals surface area contributed by atoms with E-state index in [0.717, 1.165) is 79.1 Å². The number of imidazole rings is 1. The number of halogens is 3. The number of anilines is 4. The molecule has 47 heavy (non-hydrogen) atoms. The van der Waals surface area contributed by atoms with Crippen LogP contribution in [0.1, 0.15) is 53.7 Å². The molecule has 5 rings (SSSR count). The van der Waals surface area contributed by atoms with E-state index in [1.807, 2.05) is 48.7 Å². The van der Waals surface area contributed by atoms with Crippen molar-refractivity contribution in [3.05, 3.63) is 95.2 Å². The van der Waals surface area contributed by atoms with Crippen LogP contribution in [0.25, 0.3) is 17.0 Å². The normalized spacial score (nSPS) is 11.7. The van der Waals surface area contributed by atoms with Gasteiger partial charge in [-0.15, -0.1) is 0 Å². The van der Waals surface area contributed by atoms with Gasteiger partial charge >= 0.3 is 6.18 Å². The van der Waals surface area contributed by atoms with Crippen molar-refractivity contribution in [2.24, 2.45) is 0 Å². The minimum Gasteiger partial charge on any atom is -0.370 e. The lowest BCUT2D eigenvalue weighted by Crippen LogP contribution is -2.24. The fraction of sp³-hybridized carbons (Fsp3) is 0.314. The first-order valence-corrected chi connectivity index (χ1v) is 15.7. The van der Waals surface area contributed by atoms with Gasteiger partial charge in [-0.1, -0.05) is 38.1 Å². The molecular weight excluding hydrogens is 605 g/mol. The molecule has 9 nitrogen and oxygen atoms in total. The molecule has 0 aliphatic carbocycles. The van der Waals surface area contributed by atoms with Crippen molar-refractivity contribution in [3.63, 3.8) is 0 Å². The van der Waals surface area contributed by atoms with Gasteiger partial charge in [0.15, 0.2) is 0 Å². The summed E-state index contributed by atoms with van der Waals surface area (Å²) in [6, 6.07) is 17.2. The minimum absolute atomic E-state index is 0.0958. The second-order valence-corrected chi connectivity index (χ2v) is 11.3. The van der Waals surface area contributed by atoms with Gasteiger partial charge in [0.2, 0.25) is 11.9 Å². The van der Waals surface area contributed by atoms with Crippen molar-refractivity contribution < 1.29 is 18.0 Å². The van der Waals surface area contributed by atoms with Crippen LogP contribution in [0.4, 0.5) is 36.3 Å². The second-order valence-electron chi connectivity index (χ2n) is 11.3. The smallest absolute Gasteiger partial charge is 0.370 e. The number of benzene rings is 3. The van der Waals surface area contributed by atoms with Crippen LogP contribution in [0.5, 0.6) is 0 Å². The van der Waals surface area contributed by atoms with Crippen LogP contribution in [-0.4, -0.2) is 56.5 Å². The van der Waals surface area contributed by atoms with Gasteiger partial charge in [0, 0.05) is 35.2 Å². The maximum absolute atomic E-state index is 13.2. The number of para-hydroxylation sites is 2. The summed E-state index contributed by atoms with van der Waals surface area (Å²) in [6.45, 7) is 12.2. The van der Waals surface area contributed by atoms with Crippen LogP contribution < -0.4 is 16.0 Å². The number of amides is 1. The molecule has 0 unspecified atom stereocenters. The molecule has 2 heterocycles. The van der Waals surface area contributed by atoms with Crippen LogP contribution in [0.3, 0.4) is 0 Å². The number of fused-ring (bicyclic) bond motifs is 1. The minimum atomic E-state index is -4.55. The van der Waals surface area contributed by atoms with E-state index < -0.39 is 17.6 Å². The lowest BCUT2D eigenvalue weighted by Gasteiger charge is -2.18. The Morgan fingerprint density at radius 3 is 2.47 bits per heavy atom. The van der Waals surface area contributed by atoms with Gasteiger partial charge in [-0.2, -0.15) is 18.2 Å². The predicted octanol–water partition coefficient (Wildman–Crippen LogP) is 7.98. The molecule has 0 fully saturated rings. The van der Waals surface area contributed by atoms with Crippen LogP contribution in [0.2, 0.25) is 0 Å². The summed E-state index contributed by atoms with van der Waals surface area (Å²) in [5, 5.41) is 9.56. The summed E-state index contributed by atoms with van der Waals surface area (Å²) in [4.78, 5) is 29.7. The second kappa shape index (κ2) is 14.6. The Morgan fingerprint density at radius 2 is 1.70 bits per heavy atom. The summed E-state index contributed by atoms with van der Waals surface area (Å²) >= 11 is 0. The molecule has 12 heteroatoms. The third kappa shape index (κ3) is 8.07. The Bertz CT molecular complexity index is 1850. The summed E-state index contributed by atoms with van der Waals surface area (Å²) < 4.78 is 41.5. The third-order valence-electron chi connectivity index (χ3n) is 8.00. The lowest BCUT2D eigenvalue weighted by molar-refractivity contribution is -0.137. The number of rotatable bonds is 13. The number of aryl methyl sites for hydroxylation is 2. The van der Waals surface area contributed by atoms with Gasteiger partial charge in [0.05, 0.1) is 16.6 Å². The average molecular weight is 645 g/mol. The number of carbonyl (C=O) groups is 1. The highest BCUT2D eigenvalue weighted by Crippen LogP contribution is 2.31.